The largest absolute Gasteiger partial charge is 0.395 e. The summed E-state index contributed by atoms with van der Waals surface area (Å²) in [6.45, 7) is 6.90. The Morgan fingerprint density at radius 3 is 2.38 bits per heavy atom. The van der Waals surface area contributed by atoms with Crippen LogP contribution < -0.4 is 0 Å². The highest BCUT2D eigenvalue weighted by Gasteiger charge is 2.18. The van der Waals surface area contributed by atoms with Gasteiger partial charge in [-0.1, -0.05) is 44.7 Å². The number of hydrogen-bond donors (Lipinski definition) is 1. The van der Waals surface area contributed by atoms with E-state index in [-0.39, 0.29) is 17.9 Å². The molecule has 3 heteroatoms. The van der Waals surface area contributed by atoms with E-state index in [1.807, 2.05) is 31.3 Å². The van der Waals surface area contributed by atoms with E-state index in [9.17, 15) is 4.79 Å². The summed E-state index contributed by atoms with van der Waals surface area (Å²) in [5.74, 6) is 6.04. The van der Waals surface area contributed by atoms with E-state index in [1.165, 1.54) is 0 Å². The topological polar surface area (TPSA) is 40.5 Å². The molecule has 21 heavy (non-hydrogen) atoms. The van der Waals surface area contributed by atoms with Gasteiger partial charge in [0, 0.05) is 32.0 Å². The maximum absolute atomic E-state index is 12.1. The molecule has 0 atom stereocenters. The number of aliphatic hydroxyl groups excluding tert-OH is 1. The fraction of sp³-hybridized carbons (Fsp3) is 0.500. The summed E-state index contributed by atoms with van der Waals surface area (Å²) in [6.07, 6.45) is 1.04. The Morgan fingerprint density at radius 2 is 1.86 bits per heavy atom. The van der Waals surface area contributed by atoms with E-state index >= 15 is 0 Å². The predicted molar refractivity (Wildman–Crippen MR) is 85.6 cm³/mol. The molecule has 0 saturated carbocycles. The van der Waals surface area contributed by atoms with Crippen molar-refractivity contribution >= 4 is 5.91 Å². The van der Waals surface area contributed by atoms with E-state index in [4.69, 9.17) is 5.11 Å². The molecule has 0 bridgehead atoms. The molecule has 1 aromatic carbocycles. The maximum Gasteiger partial charge on any atom is 0.223 e. The highest BCUT2D eigenvalue weighted by molar-refractivity contribution is 5.76. The van der Waals surface area contributed by atoms with Gasteiger partial charge in [0.25, 0.3) is 0 Å². The number of hydrogen-bond acceptors (Lipinski definition) is 2. The molecule has 0 fully saturated rings. The van der Waals surface area contributed by atoms with E-state index in [0.29, 0.717) is 19.4 Å². The third kappa shape index (κ3) is 6.97. The number of benzene rings is 1. The summed E-state index contributed by atoms with van der Waals surface area (Å²) < 4.78 is 0. The van der Waals surface area contributed by atoms with Gasteiger partial charge in [-0.3, -0.25) is 4.79 Å². The van der Waals surface area contributed by atoms with Gasteiger partial charge < -0.3 is 10.0 Å². The standard InChI is InChI=1S/C18H25NO2/c1-18(2,3)13-17(21)19(4)14-16-10-8-15(9-11-16)7-5-6-12-20/h8-11,20H,6,12-14H2,1-4H3. The second-order valence-electron chi connectivity index (χ2n) is 6.46. The van der Waals surface area contributed by atoms with Crippen molar-refractivity contribution in [3.8, 4) is 11.8 Å². The van der Waals surface area contributed by atoms with Crippen LogP contribution in [-0.4, -0.2) is 29.6 Å². The van der Waals surface area contributed by atoms with Gasteiger partial charge in [-0.15, -0.1) is 0 Å². The van der Waals surface area contributed by atoms with Crippen molar-refractivity contribution in [1.82, 2.24) is 4.90 Å². The van der Waals surface area contributed by atoms with Gasteiger partial charge in [0.15, 0.2) is 0 Å². The van der Waals surface area contributed by atoms with Crippen LogP contribution >= 0.6 is 0 Å². The van der Waals surface area contributed by atoms with Crippen molar-refractivity contribution in [3.05, 3.63) is 35.4 Å². The van der Waals surface area contributed by atoms with Crippen molar-refractivity contribution < 1.29 is 9.90 Å². The molecule has 0 unspecified atom stereocenters. The van der Waals surface area contributed by atoms with E-state index in [2.05, 4.69) is 32.6 Å². The molecular weight excluding hydrogens is 262 g/mol. The summed E-state index contributed by atoms with van der Waals surface area (Å²) in [6, 6.07) is 7.87. The van der Waals surface area contributed by atoms with Gasteiger partial charge in [-0.05, 0) is 23.1 Å². The highest BCUT2D eigenvalue weighted by atomic mass is 16.2. The molecule has 0 heterocycles. The Labute approximate surface area is 128 Å². The van der Waals surface area contributed by atoms with Crippen molar-refractivity contribution in [2.75, 3.05) is 13.7 Å². The van der Waals surface area contributed by atoms with Gasteiger partial charge in [0.1, 0.15) is 0 Å². The molecule has 0 aliphatic carbocycles. The van der Waals surface area contributed by atoms with Crippen LogP contribution in [0.2, 0.25) is 0 Å². The number of carbonyl (C=O) groups excluding carboxylic acids is 1. The molecule has 1 rings (SSSR count). The molecule has 1 N–H and O–H groups in total. The average Bonchev–Trinajstić information content (AvgIpc) is 2.39. The van der Waals surface area contributed by atoms with Gasteiger partial charge >= 0.3 is 0 Å². The highest BCUT2D eigenvalue weighted by Crippen LogP contribution is 2.20. The van der Waals surface area contributed by atoms with Crippen LogP contribution in [0.1, 0.15) is 44.7 Å². The van der Waals surface area contributed by atoms with Crippen LogP contribution in [0.3, 0.4) is 0 Å². The molecule has 1 amide bonds. The van der Waals surface area contributed by atoms with Gasteiger partial charge in [0.05, 0.1) is 6.61 Å². The number of amides is 1. The fourth-order valence-electron chi connectivity index (χ4n) is 1.86. The number of nitrogens with zero attached hydrogens (tertiary/aromatic N) is 1. The van der Waals surface area contributed by atoms with E-state index in [0.717, 1.165) is 11.1 Å². The van der Waals surface area contributed by atoms with Crippen molar-refractivity contribution in [2.45, 2.75) is 40.2 Å². The first kappa shape index (κ1) is 17.3. The van der Waals surface area contributed by atoms with Gasteiger partial charge in [-0.25, -0.2) is 0 Å². The predicted octanol–water partition coefficient (Wildman–Crippen LogP) is 2.82. The molecule has 1 aromatic rings. The Hall–Kier alpha value is -1.79. The molecule has 0 aliphatic heterocycles. The van der Waals surface area contributed by atoms with Crippen molar-refractivity contribution in [2.24, 2.45) is 5.41 Å². The van der Waals surface area contributed by atoms with E-state index < -0.39 is 0 Å². The third-order valence-corrected chi connectivity index (χ3v) is 2.95. The monoisotopic (exact) mass is 287 g/mol. The van der Waals surface area contributed by atoms with Gasteiger partial charge in [0.2, 0.25) is 5.91 Å². The summed E-state index contributed by atoms with van der Waals surface area (Å²) in [4.78, 5) is 13.8. The molecule has 0 aromatic heterocycles. The minimum Gasteiger partial charge on any atom is -0.395 e. The Kier molecular flexibility index (Phi) is 6.45. The zero-order chi connectivity index (χ0) is 15.9. The van der Waals surface area contributed by atoms with Crippen LogP contribution in [0.5, 0.6) is 0 Å². The Bertz CT molecular complexity index is 515. The van der Waals surface area contributed by atoms with Crippen LogP contribution in [0, 0.1) is 17.3 Å². The fourth-order valence-corrected chi connectivity index (χ4v) is 1.86. The lowest BCUT2D eigenvalue weighted by Crippen LogP contribution is -2.29. The Balaban J connectivity index is 2.59. The lowest BCUT2D eigenvalue weighted by molar-refractivity contribution is -0.132. The molecule has 0 spiro atoms. The minimum absolute atomic E-state index is 0.0114. The maximum atomic E-state index is 12.1. The normalized spacial score (nSPS) is 10.7. The van der Waals surface area contributed by atoms with Crippen LogP contribution in [0.15, 0.2) is 24.3 Å². The lowest BCUT2D eigenvalue weighted by Gasteiger charge is -2.23. The summed E-state index contributed by atoms with van der Waals surface area (Å²) in [5, 5.41) is 8.68. The molecule has 0 radical (unpaired) electrons. The second-order valence-corrected chi connectivity index (χ2v) is 6.46. The molecule has 114 valence electrons. The first-order valence-electron chi connectivity index (χ1n) is 7.24. The summed E-state index contributed by atoms with van der Waals surface area (Å²) in [5.41, 5.74) is 2.03. The van der Waals surface area contributed by atoms with E-state index in [1.54, 1.807) is 4.90 Å². The first-order chi connectivity index (χ1) is 9.81. The van der Waals surface area contributed by atoms with Crippen LogP contribution in [0.25, 0.3) is 0 Å². The Morgan fingerprint density at radius 1 is 1.24 bits per heavy atom. The summed E-state index contributed by atoms with van der Waals surface area (Å²) >= 11 is 0. The number of rotatable bonds is 4. The zero-order valence-electron chi connectivity index (χ0n) is 13.4. The molecular formula is C18H25NO2. The quantitative estimate of drug-likeness (QED) is 0.865. The SMILES string of the molecule is CN(Cc1ccc(C#CCCO)cc1)C(=O)CC(C)(C)C. The lowest BCUT2D eigenvalue weighted by atomic mass is 9.91. The number of aliphatic hydroxyl groups is 1. The molecule has 0 saturated heterocycles. The number of carbonyl (C=O) groups is 1. The van der Waals surface area contributed by atoms with Crippen molar-refractivity contribution in [1.29, 1.82) is 0 Å². The smallest absolute Gasteiger partial charge is 0.223 e. The second kappa shape index (κ2) is 7.85. The molecule has 0 aliphatic rings. The van der Waals surface area contributed by atoms with Crippen molar-refractivity contribution in [3.63, 3.8) is 0 Å². The van der Waals surface area contributed by atoms with Crippen LogP contribution in [-0.2, 0) is 11.3 Å². The molecule has 3 nitrogen and oxygen atoms in total. The zero-order valence-corrected chi connectivity index (χ0v) is 13.4. The average molecular weight is 287 g/mol. The summed E-state index contributed by atoms with van der Waals surface area (Å²) in [7, 11) is 1.84. The van der Waals surface area contributed by atoms with Crippen LogP contribution in [0.4, 0.5) is 0 Å². The first-order valence-corrected chi connectivity index (χ1v) is 7.24. The van der Waals surface area contributed by atoms with Gasteiger partial charge in [-0.2, -0.15) is 0 Å². The minimum atomic E-state index is 0.0114. The third-order valence-electron chi connectivity index (χ3n) is 2.95.